The standard InChI is InChI=1S/C15H18N2O3/c16-11-8-9-4-1-2-5-10(9)12-6-3-7-13(15(19)20)17(12)14(11)18/h1-2,4-5,11-13H,3,6-8,16H2,(H,19,20)/t11-,12+,13-/m1/s1. The Bertz CT molecular complexity index is 558. The molecule has 0 unspecified atom stereocenters. The van der Waals surface area contributed by atoms with Gasteiger partial charge in [0.15, 0.2) is 0 Å². The molecule has 2 heterocycles. The molecule has 0 bridgehead atoms. The molecule has 1 fully saturated rings. The number of carboxylic acid groups (broad SMARTS) is 1. The van der Waals surface area contributed by atoms with E-state index in [9.17, 15) is 14.7 Å². The minimum atomic E-state index is -0.936. The van der Waals surface area contributed by atoms with Crippen molar-refractivity contribution in [2.24, 2.45) is 5.73 Å². The molecule has 2 aliphatic heterocycles. The summed E-state index contributed by atoms with van der Waals surface area (Å²) >= 11 is 0. The number of carboxylic acids is 1. The number of amides is 1. The van der Waals surface area contributed by atoms with Crippen molar-refractivity contribution in [2.45, 2.75) is 43.8 Å². The van der Waals surface area contributed by atoms with Gasteiger partial charge in [0.05, 0.1) is 12.1 Å². The summed E-state index contributed by atoms with van der Waals surface area (Å²) in [5, 5.41) is 9.39. The van der Waals surface area contributed by atoms with Gasteiger partial charge in [0.25, 0.3) is 0 Å². The number of carbonyl (C=O) groups is 2. The van der Waals surface area contributed by atoms with Gasteiger partial charge >= 0.3 is 5.97 Å². The van der Waals surface area contributed by atoms with E-state index >= 15 is 0 Å². The van der Waals surface area contributed by atoms with Crippen molar-refractivity contribution in [1.82, 2.24) is 4.90 Å². The summed E-state index contributed by atoms with van der Waals surface area (Å²) < 4.78 is 0. The molecular formula is C15H18N2O3. The summed E-state index contributed by atoms with van der Waals surface area (Å²) in [6.45, 7) is 0. The lowest BCUT2D eigenvalue weighted by molar-refractivity contribution is -0.155. The van der Waals surface area contributed by atoms with Crippen LogP contribution in [-0.2, 0) is 16.0 Å². The Labute approximate surface area is 117 Å². The van der Waals surface area contributed by atoms with Crippen LogP contribution in [0.5, 0.6) is 0 Å². The van der Waals surface area contributed by atoms with E-state index in [2.05, 4.69) is 0 Å². The number of carbonyl (C=O) groups excluding carboxylic acids is 1. The van der Waals surface area contributed by atoms with Crippen molar-refractivity contribution in [3.63, 3.8) is 0 Å². The third-order valence-corrected chi connectivity index (χ3v) is 4.34. The molecule has 2 aliphatic rings. The zero-order valence-electron chi connectivity index (χ0n) is 11.2. The number of benzene rings is 1. The number of hydrogen-bond donors (Lipinski definition) is 2. The average Bonchev–Trinajstić information content (AvgIpc) is 2.55. The minimum Gasteiger partial charge on any atom is -0.480 e. The second kappa shape index (κ2) is 4.90. The van der Waals surface area contributed by atoms with Gasteiger partial charge in [-0.3, -0.25) is 4.79 Å². The van der Waals surface area contributed by atoms with E-state index in [1.165, 1.54) is 4.90 Å². The smallest absolute Gasteiger partial charge is 0.326 e. The maximum Gasteiger partial charge on any atom is 0.326 e. The summed E-state index contributed by atoms with van der Waals surface area (Å²) in [6, 6.07) is 6.28. The molecule has 5 heteroatoms. The SMILES string of the molecule is N[C@@H]1Cc2ccccc2[C@@H]2CCC[C@H](C(=O)O)N2C1=O. The van der Waals surface area contributed by atoms with E-state index < -0.39 is 18.1 Å². The number of fused-ring (bicyclic) bond motifs is 3. The van der Waals surface area contributed by atoms with Gasteiger partial charge < -0.3 is 15.7 Å². The molecule has 3 rings (SSSR count). The molecule has 0 saturated carbocycles. The first-order valence-electron chi connectivity index (χ1n) is 6.98. The molecule has 20 heavy (non-hydrogen) atoms. The molecule has 1 saturated heterocycles. The lowest BCUT2D eigenvalue weighted by atomic mass is 9.89. The van der Waals surface area contributed by atoms with Gasteiger partial charge in [0.2, 0.25) is 5.91 Å². The van der Waals surface area contributed by atoms with Crippen molar-refractivity contribution in [3.05, 3.63) is 35.4 Å². The Kier molecular flexibility index (Phi) is 3.22. The van der Waals surface area contributed by atoms with Crippen LogP contribution in [0.25, 0.3) is 0 Å². The molecular weight excluding hydrogens is 256 g/mol. The van der Waals surface area contributed by atoms with Crippen molar-refractivity contribution in [3.8, 4) is 0 Å². The van der Waals surface area contributed by atoms with Gasteiger partial charge in [-0.15, -0.1) is 0 Å². The second-order valence-corrected chi connectivity index (χ2v) is 5.56. The van der Waals surface area contributed by atoms with E-state index in [-0.39, 0.29) is 11.9 Å². The maximum absolute atomic E-state index is 12.5. The largest absolute Gasteiger partial charge is 0.480 e. The molecule has 0 spiro atoms. The molecule has 0 aliphatic carbocycles. The van der Waals surface area contributed by atoms with E-state index in [0.717, 1.165) is 24.0 Å². The Hall–Kier alpha value is -1.88. The molecule has 0 radical (unpaired) electrons. The predicted molar refractivity (Wildman–Crippen MR) is 73.0 cm³/mol. The Morgan fingerprint density at radius 1 is 1.30 bits per heavy atom. The summed E-state index contributed by atoms with van der Waals surface area (Å²) in [5.41, 5.74) is 8.10. The normalized spacial score (nSPS) is 29.4. The molecule has 3 atom stereocenters. The van der Waals surface area contributed by atoms with Crippen LogP contribution in [0.15, 0.2) is 24.3 Å². The Balaban J connectivity index is 2.10. The molecule has 1 amide bonds. The fourth-order valence-corrected chi connectivity index (χ4v) is 3.42. The van der Waals surface area contributed by atoms with E-state index in [1.54, 1.807) is 0 Å². The van der Waals surface area contributed by atoms with Crippen LogP contribution in [0.4, 0.5) is 0 Å². The van der Waals surface area contributed by atoms with Gasteiger partial charge in [-0.25, -0.2) is 4.79 Å². The molecule has 0 aromatic heterocycles. The second-order valence-electron chi connectivity index (χ2n) is 5.56. The van der Waals surface area contributed by atoms with Gasteiger partial charge in [0.1, 0.15) is 6.04 Å². The van der Waals surface area contributed by atoms with Crippen LogP contribution in [0, 0.1) is 0 Å². The van der Waals surface area contributed by atoms with E-state index in [0.29, 0.717) is 12.8 Å². The number of hydrogen-bond acceptors (Lipinski definition) is 3. The number of aliphatic carboxylic acids is 1. The Morgan fingerprint density at radius 2 is 2.05 bits per heavy atom. The van der Waals surface area contributed by atoms with Gasteiger partial charge in [-0.05, 0) is 36.8 Å². The summed E-state index contributed by atoms with van der Waals surface area (Å²) in [6.07, 6.45) is 2.61. The number of rotatable bonds is 1. The van der Waals surface area contributed by atoms with Crippen LogP contribution in [-0.4, -0.2) is 34.0 Å². The number of piperidine rings is 1. The predicted octanol–water partition coefficient (Wildman–Crippen LogP) is 1.08. The summed E-state index contributed by atoms with van der Waals surface area (Å²) in [4.78, 5) is 25.5. The molecule has 1 aromatic carbocycles. The number of nitrogens with zero attached hydrogens (tertiary/aromatic N) is 1. The fraction of sp³-hybridized carbons (Fsp3) is 0.467. The third kappa shape index (κ3) is 1.98. The van der Waals surface area contributed by atoms with E-state index in [1.807, 2.05) is 24.3 Å². The fourth-order valence-electron chi connectivity index (χ4n) is 3.42. The van der Waals surface area contributed by atoms with Crippen molar-refractivity contribution in [2.75, 3.05) is 0 Å². The topological polar surface area (TPSA) is 83.6 Å². The van der Waals surface area contributed by atoms with Crippen molar-refractivity contribution >= 4 is 11.9 Å². The quantitative estimate of drug-likeness (QED) is 0.802. The van der Waals surface area contributed by atoms with Crippen LogP contribution in [0.2, 0.25) is 0 Å². The monoisotopic (exact) mass is 274 g/mol. The van der Waals surface area contributed by atoms with Crippen LogP contribution < -0.4 is 5.73 Å². The lowest BCUT2D eigenvalue weighted by Gasteiger charge is -2.40. The zero-order valence-corrected chi connectivity index (χ0v) is 11.2. The summed E-state index contributed by atoms with van der Waals surface area (Å²) in [5.74, 6) is -1.17. The first kappa shape index (κ1) is 13.1. The van der Waals surface area contributed by atoms with Crippen LogP contribution >= 0.6 is 0 Å². The van der Waals surface area contributed by atoms with Gasteiger partial charge in [-0.1, -0.05) is 24.3 Å². The van der Waals surface area contributed by atoms with Gasteiger partial charge in [-0.2, -0.15) is 0 Å². The average molecular weight is 274 g/mol. The molecule has 5 nitrogen and oxygen atoms in total. The molecule has 106 valence electrons. The lowest BCUT2D eigenvalue weighted by Crippen LogP contribution is -2.53. The van der Waals surface area contributed by atoms with Gasteiger partial charge in [0, 0.05) is 0 Å². The third-order valence-electron chi connectivity index (χ3n) is 4.34. The van der Waals surface area contributed by atoms with Crippen LogP contribution in [0.3, 0.4) is 0 Å². The first-order valence-corrected chi connectivity index (χ1v) is 6.98. The minimum absolute atomic E-state index is 0.151. The first-order chi connectivity index (χ1) is 9.59. The number of nitrogens with two attached hydrogens (primary N) is 1. The van der Waals surface area contributed by atoms with Crippen molar-refractivity contribution in [1.29, 1.82) is 0 Å². The molecule has 3 N–H and O–H groups in total. The zero-order chi connectivity index (χ0) is 14.3. The highest BCUT2D eigenvalue weighted by Gasteiger charge is 2.43. The summed E-state index contributed by atoms with van der Waals surface area (Å²) in [7, 11) is 0. The maximum atomic E-state index is 12.5. The van der Waals surface area contributed by atoms with E-state index in [4.69, 9.17) is 5.73 Å². The highest BCUT2D eigenvalue weighted by Crippen LogP contribution is 2.38. The Morgan fingerprint density at radius 3 is 2.80 bits per heavy atom. The van der Waals surface area contributed by atoms with Crippen LogP contribution in [0.1, 0.15) is 36.4 Å². The molecule has 1 aromatic rings. The highest BCUT2D eigenvalue weighted by atomic mass is 16.4. The van der Waals surface area contributed by atoms with Crippen molar-refractivity contribution < 1.29 is 14.7 Å². The highest BCUT2D eigenvalue weighted by molar-refractivity contribution is 5.88.